The summed E-state index contributed by atoms with van der Waals surface area (Å²) in [7, 11) is 0. The van der Waals surface area contributed by atoms with Gasteiger partial charge in [-0.25, -0.2) is 0 Å². The minimum atomic E-state index is -0.600. The number of rotatable bonds is 8. The molecule has 7 nitrogen and oxygen atoms in total. The Morgan fingerprint density at radius 3 is 2.20 bits per heavy atom. The number of para-hydroxylation sites is 1. The average molecular weight is 409 g/mol. The predicted molar refractivity (Wildman–Crippen MR) is 113 cm³/mol. The van der Waals surface area contributed by atoms with Crippen LogP contribution in [0.3, 0.4) is 0 Å². The van der Waals surface area contributed by atoms with E-state index in [0.29, 0.717) is 43.9 Å². The van der Waals surface area contributed by atoms with Gasteiger partial charge in [0.15, 0.2) is 6.61 Å². The van der Waals surface area contributed by atoms with Crippen LogP contribution in [0.1, 0.15) is 28.8 Å². The fourth-order valence-electron chi connectivity index (χ4n) is 3.49. The lowest BCUT2D eigenvalue weighted by atomic mass is 10.1. The second-order valence-electron chi connectivity index (χ2n) is 7.26. The molecule has 0 radical (unpaired) electrons. The first-order valence-electron chi connectivity index (χ1n) is 10.2. The number of hydrogen-bond donors (Lipinski definition) is 1. The molecule has 0 aliphatic carbocycles. The molecule has 1 fully saturated rings. The number of hydrogen-bond acceptors (Lipinski definition) is 4. The first kappa shape index (κ1) is 21.4. The smallest absolute Gasteiger partial charge is 0.257 e. The van der Waals surface area contributed by atoms with E-state index >= 15 is 0 Å². The van der Waals surface area contributed by atoms with Gasteiger partial charge in [0.2, 0.25) is 5.91 Å². The lowest BCUT2D eigenvalue weighted by molar-refractivity contribution is -0.132. The van der Waals surface area contributed by atoms with Crippen LogP contribution in [-0.4, -0.2) is 60.3 Å². The fraction of sp³-hybridized carbons (Fsp3) is 0.348. The summed E-state index contributed by atoms with van der Waals surface area (Å²) < 4.78 is 5.36. The third kappa shape index (κ3) is 5.83. The maximum atomic E-state index is 12.9. The standard InChI is InChI=1S/C23H27N3O4/c24-21(27)17-30-20-11-5-4-10-19(20)23(29)26-15-13-25(14-16-26)22(28)12-6-9-18-7-2-1-3-8-18/h1-5,7-8,10-11H,6,9,12-17H2,(H2,24,27). The zero-order chi connectivity index (χ0) is 21.3. The molecule has 1 aliphatic heterocycles. The van der Waals surface area contributed by atoms with Crippen LogP contribution in [-0.2, 0) is 16.0 Å². The Morgan fingerprint density at radius 1 is 0.867 bits per heavy atom. The fourth-order valence-corrected chi connectivity index (χ4v) is 3.49. The highest BCUT2D eigenvalue weighted by atomic mass is 16.5. The molecule has 0 spiro atoms. The van der Waals surface area contributed by atoms with E-state index in [1.807, 2.05) is 23.1 Å². The van der Waals surface area contributed by atoms with Crippen molar-refractivity contribution in [3.63, 3.8) is 0 Å². The van der Waals surface area contributed by atoms with E-state index in [4.69, 9.17) is 10.5 Å². The lowest BCUT2D eigenvalue weighted by Crippen LogP contribution is -2.50. The summed E-state index contributed by atoms with van der Waals surface area (Å²) >= 11 is 0. The van der Waals surface area contributed by atoms with Crippen LogP contribution in [0.2, 0.25) is 0 Å². The Morgan fingerprint density at radius 2 is 1.50 bits per heavy atom. The van der Waals surface area contributed by atoms with E-state index in [1.165, 1.54) is 5.56 Å². The first-order chi connectivity index (χ1) is 14.5. The maximum Gasteiger partial charge on any atom is 0.257 e. The minimum Gasteiger partial charge on any atom is -0.483 e. The van der Waals surface area contributed by atoms with Crippen molar-refractivity contribution in [1.82, 2.24) is 9.80 Å². The number of primary amides is 1. The van der Waals surface area contributed by atoms with Crippen LogP contribution in [0, 0.1) is 0 Å². The highest BCUT2D eigenvalue weighted by molar-refractivity contribution is 5.97. The van der Waals surface area contributed by atoms with Crippen molar-refractivity contribution >= 4 is 17.7 Å². The first-order valence-corrected chi connectivity index (χ1v) is 10.2. The molecule has 0 unspecified atom stereocenters. The van der Waals surface area contributed by atoms with Gasteiger partial charge in [0.05, 0.1) is 5.56 Å². The molecule has 0 atom stereocenters. The Labute approximate surface area is 176 Å². The van der Waals surface area contributed by atoms with Crippen LogP contribution in [0.5, 0.6) is 5.75 Å². The number of carbonyl (C=O) groups excluding carboxylic acids is 3. The van der Waals surface area contributed by atoms with Crippen molar-refractivity contribution in [1.29, 1.82) is 0 Å². The van der Waals surface area contributed by atoms with E-state index in [9.17, 15) is 14.4 Å². The summed E-state index contributed by atoms with van der Waals surface area (Å²) in [4.78, 5) is 39.9. The normalized spacial score (nSPS) is 13.7. The molecular weight excluding hydrogens is 382 g/mol. The number of nitrogens with zero attached hydrogens (tertiary/aromatic N) is 2. The topological polar surface area (TPSA) is 92.9 Å². The molecule has 30 heavy (non-hydrogen) atoms. The third-order valence-electron chi connectivity index (χ3n) is 5.11. The number of nitrogens with two attached hydrogens (primary N) is 1. The molecule has 0 aromatic heterocycles. The van der Waals surface area contributed by atoms with Gasteiger partial charge in [-0.15, -0.1) is 0 Å². The Balaban J connectivity index is 1.48. The van der Waals surface area contributed by atoms with Crippen molar-refractivity contribution in [2.45, 2.75) is 19.3 Å². The molecule has 0 saturated carbocycles. The van der Waals surface area contributed by atoms with Crippen molar-refractivity contribution in [3.05, 3.63) is 65.7 Å². The minimum absolute atomic E-state index is 0.128. The monoisotopic (exact) mass is 409 g/mol. The zero-order valence-corrected chi connectivity index (χ0v) is 17.0. The van der Waals surface area contributed by atoms with E-state index in [-0.39, 0.29) is 18.4 Å². The Kier molecular flexibility index (Phi) is 7.43. The molecule has 0 bridgehead atoms. The molecule has 3 rings (SSSR count). The Bertz CT molecular complexity index is 877. The molecule has 2 N–H and O–H groups in total. The molecule has 1 saturated heterocycles. The highest BCUT2D eigenvalue weighted by Gasteiger charge is 2.26. The Hall–Kier alpha value is -3.35. The lowest BCUT2D eigenvalue weighted by Gasteiger charge is -2.35. The summed E-state index contributed by atoms with van der Waals surface area (Å²) in [5.74, 6) is -0.313. The summed E-state index contributed by atoms with van der Waals surface area (Å²) in [6, 6.07) is 16.9. The van der Waals surface area contributed by atoms with Gasteiger partial charge in [0.25, 0.3) is 11.8 Å². The number of piperazine rings is 1. The van der Waals surface area contributed by atoms with Crippen molar-refractivity contribution in [2.75, 3.05) is 32.8 Å². The van der Waals surface area contributed by atoms with Crippen molar-refractivity contribution in [3.8, 4) is 5.75 Å². The van der Waals surface area contributed by atoms with Gasteiger partial charge < -0.3 is 20.3 Å². The summed E-state index contributed by atoms with van der Waals surface area (Å²) in [6.07, 6.45) is 2.20. The van der Waals surface area contributed by atoms with Gasteiger partial charge in [0, 0.05) is 32.6 Å². The largest absolute Gasteiger partial charge is 0.483 e. The molecule has 7 heteroatoms. The molecular formula is C23H27N3O4. The van der Waals surface area contributed by atoms with Gasteiger partial charge in [0.1, 0.15) is 5.75 Å². The summed E-state index contributed by atoms with van der Waals surface area (Å²) in [5.41, 5.74) is 6.75. The summed E-state index contributed by atoms with van der Waals surface area (Å²) in [6.45, 7) is 1.68. The molecule has 1 heterocycles. The van der Waals surface area contributed by atoms with E-state index < -0.39 is 5.91 Å². The van der Waals surface area contributed by atoms with Gasteiger partial charge >= 0.3 is 0 Å². The van der Waals surface area contributed by atoms with Crippen LogP contribution >= 0.6 is 0 Å². The van der Waals surface area contributed by atoms with E-state index in [2.05, 4.69) is 12.1 Å². The van der Waals surface area contributed by atoms with Gasteiger partial charge in [-0.1, -0.05) is 42.5 Å². The molecule has 3 amide bonds. The van der Waals surface area contributed by atoms with Crippen LogP contribution < -0.4 is 10.5 Å². The quantitative estimate of drug-likeness (QED) is 0.720. The second-order valence-corrected chi connectivity index (χ2v) is 7.26. The SMILES string of the molecule is NC(=O)COc1ccccc1C(=O)N1CCN(C(=O)CCCc2ccccc2)CC1. The van der Waals surface area contributed by atoms with E-state index in [0.717, 1.165) is 12.8 Å². The second kappa shape index (κ2) is 10.4. The van der Waals surface area contributed by atoms with Crippen molar-refractivity contribution < 1.29 is 19.1 Å². The summed E-state index contributed by atoms with van der Waals surface area (Å²) in [5, 5.41) is 0. The highest BCUT2D eigenvalue weighted by Crippen LogP contribution is 2.21. The van der Waals surface area contributed by atoms with Gasteiger partial charge in [-0.05, 0) is 30.5 Å². The number of ether oxygens (including phenoxy) is 1. The third-order valence-corrected chi connectivity index (χ3v) is 5.11. The van der Waals surface area contributed by atoms with Crippen LogP contribution in [0.4, 0.5) is 0 Å². The molecule has 2 aromatic rings. The maximum absolute atomic E-state index is 12.9. The van der Waals surface area contributed by atoms with Gasteiger partial charge in [-0.3, -0.25) is 14.4 Å². The number of amides is 3. The molecule has 1 aliphatic rings. The molecule has 2 aromatic carbocycles. The number of benzene rings is 2. The zero-order valence-electron chi connectivity index (χ0n) is 17.0. The van der Waals surface area contributed by atoms with Crippen molar-refractivity contribution in [2.24, 2.45) is 5.73 Å². The predicted octanol–water partition coefficient (Wildman–Crippen LogP) is 1.86. The molecule has 158 valence electrons. The van der Waals surface area contributed by atoms with Crippen LogP contribution in [0.15, 0.2) is 54.6 Å². The number of aryl methyl sites for hydroxylation is 1. The average Bonchev–Trinajstić information content (AvgIpc) is 2.78. The van der Waals surface area contributed by atoms with E-state index in [1.54, 1.807) is 29.2 Å². The number of carbonyl (C=O) groups is 3. The van der Waals surface area contributed by atoms with Gasteiger partial charge in [-0.2, -0.15) is 0 Å². The van der Waals surface area contributed by atoms with Crippen LogP contribution in [0.25, 0.3) is 0 Å².